The second kappa shape index (κ2) is 5.70. The Morgan fingerprint density at radius 3 is 2.36 bits per heavy atom. The molecule has 0 amide bonds. The maximum absolute atomic E-state index is 12.8. The summed E-state index contributed by atoms with van der Waals surface area (Å²) in [6, 6.07) is 4.12. The monoisotopic (exact) mass is 366 g/mol. The van der Waals surface area contributed by atoms with Crippen LogP contribution in [0.4, 0.5) is 13.2 Å². The van der Waals surface area contributed by atoms with Crippen molar-refractivity contribution >= 4 is 39.5 Å². The molecule has 6 radical (unpaired) electrons. The van der Waals surface area contributed by atoms with Crippen LogP contribution in [0.25, 0.3) is 11.4 Å². The van der Waals surface area contributed by atoms with Crippen molar-refractivity contribution in [1.82, 2.24) is 9.55 Å². The lowest BCUT2D eigenvalue weighted by Crippen LogP contribution is -2.35. The molecule has 0 aliphatic rings. The summed E-state index contributed by atoms with van der Waals surface area (Å²) >= 11 is 3.09. The van der Waals surface area contributed by atoms with Crippen molar-refractivity contribution in [3.05, 3.63) is 34.6 Å². The normalized spacial score (nSPS) is 12.4. The predicted octanol–water partition coefficient (Wildman–Crippen LogP) is 2.26. The number of alkyl halides is 3. The van der Waals surface area contributed by atoms with Gasteiger partial charge in [-0.2, -0.15) is 13.2 Å². The molecule has 0 saturated carbocycles. The van der Waals surface area contributed by atoms with Gasteiger partial charge in [0.15, 0.2) is 11.4 Å². The molecule has 0 spiro atoms. The molecule has 0 fully saturated rings. The van der Waals surface area contributed by atoms with E-state index in [1.54, 1.807) is 0 Å². The van der Waals surface area contributed by atoms with Crippen LogP contribution < -0.4 is 4.89 Å². The molecule has 1 aromatic carbocycles. The smallest absolute Gasteiger partial charge is 0.350 e. The number of imidazole rings is 1. The molecule has 1 aromatic heterocycles. The molecule has 0 saturated heterocycles. The van der Waals surface area contributed by atoms with Gasteiger partial charge in [0.1, 0.15) is 5.82 Å². The molecule has 108 valence electrons. The van der Waals surface area contributed by atoms with Crippen LogP contribution in [0.15, 0.2) is 28.9 Å². The minimum Gasteiger partial charge on any atom is -0.350 e. The Hall–Kier alpha value is -1.35. The largest absolute Gasteiger partial charge is 0.434 e. The molecule has 0 aliphatic heterocycles. The molecule has 0 unspecified atom stereocenters. The van der Waals surface area contributed by atoms with E-state index in [0.717, 1.165) is 4.57 Å². The third-order valence-corrected chi connectivity index (χ3v) is 3.36. The van der Waals surface area contributed by atoms with Gasteiger partial charge in [0, 0.05) is 11.8 Å². The van der Waals surface area contributed by atoms with Crippen molar-refractivity contribution in [2.75, 3.05) is 0 Å². The summed E-state index contributed by atoms with van der Waals surface area (Å²) in [7, 11) is 16.4. The first-order valence-corrected chi connectivity index (χ1v) is 6.48. The third kappa shape index (κ3) is 3.35. The molecule has 11 heteroatoms. The Morgan fingerprint density at radius 1 is 1.23 bits per heavy atom. The topological polar surface area (TPSA) is 47.3 Å². The summed E-state index contributed by atoms with van der Waals surface area (Å²) < 4.78 is 39.6. The van der Waals surface area contributed by atoms with Crippen LogP contribution >= 0.6 is 15.9 Å². The van der Waals surface area contributed by atoms with E-state index in [4.69, 9.17) is 28.8 Å². The summed E-state index contributed by atoms with van der Waals surface area (Å²) in [6.45, 7) is 0. The van der Waals surface area contributed by atoms with Gasteiger partial charge in [0.05, 0.1) is 28.0 Å². The zero-order valence-corrected chi connectivity index (χ0v) is 12.4. The number of nitrogens with zero attached hydrogens (tertiary/aromatic N) is 2. The Kier molecular flexibility index (Phi) is 4.41. The summed E-state index contributed by atoms with van der Waals surface area (Å²) in [6.07, 6.45) is -4.09. The fourth-order valence-corrected chi connectivity index (χ4v) is 2.05. The van der Waals surface area contributed by atoms with Gasteiger partial charge in [-0.15, -0.1) is 0 Å². The summed E-state index contributed by atoms with van der Waals surface area (Å²) in [5.41, 5.74) is -1.05. The lowest BCUT2D eigenvalue weighted by atomic mass is 9.49. The first-order valence-electron chi connectivity index (χ1n) is 5.69. The van der Waals surface area contributed by atoms with Crippen molar-refractivity contribution in [3.8, 4) is 17.1 Å². The first-order chi connectivity index (χ1) is 10.0. The molecule has 1 heterocycles. The summed E-state index contributed by atoms with van der Waals surface area (Å²) in [4.78, 5) is 7.58. The van der Waals surface area contributed by atoms with Gasteiger partial charge >= 0.3 is 6.18 Å². The quantitative estimate of drug-likeness (QED) is 0.515. The number of hydrogen-bond donors (Lipinski definition) is 1. The van der Waals surface area contributed by atoms with Crippen LogP contribution in [-0.4, -0.2) is 38.3 Å². The molecular formula is C11H5B3BrF3N2O2. The highest BCUT2D eigenvalue weighted by Crippen LogP contribution is 2.35. The lowest BCUT2D eigenvalue weighted by molar-refractivity contribution is -0.140. The highest BCUT2D eigenvalue weighted by molar-refractivity contribution is 9.10. The van der Waals surface area contributed by atoms with Crippen LogP contribution in [0.5, 0.6) is 5.75 Å². The SMILES string of the molecule is [B]C([B])([B])n1cc(C(F)(F)F)nc1-c1ccc(Br)c(OO)c1. The standard InChI is InChI=1S/C11H5B3BrF3N2O2/c12-11(13,14)20-4-8(10(16,17)18)19-9(20)5-1-2-6(15)7(3-5)22-21/h1-4,21H. The van der Waals surface area contributed by atoms with E-state index in [9.17, 15) is 13.2 Å². The maximum atomic E-state index is 12.8. The van der Waals surface area contributed by atoms with Gasteiger partial charge in [0.25, 0.3) is 0 Å². The zero-order valence-electron chi connectivity index (χ0n) is 10.8. The molecule has 0 bridgehead atoms. The Morgan fingerprint density at radius 2 is 1.86 bits per heavy atom. The molecule has 2 rings (SSSR count). The van der Waals surface area contributed by atoms with E-state index in [-0.39, 0.29) is 17.1 Å². The van der Waals surface area contributed by atoms with Gasteiger partial charge < -0.3 is 9.45 Å². The zero-order chi connectivity index (χ0) is 16.7. The second-order valence-corrected chi connectivity index (χ2v) is 5.30. The average molecular weight is 367 g/mol. The van der Waals surface area contributed by atoms with Gasteiger partial charge in [-0.1, -0.05) is 5.24 Å². The van der Waals surface area contributed by atoms with E-state index >= 15 is 0 Å². The lowest BCUT2D eigenvalue weighted by Gasteiger charge is -2.25. The highest BCUT2D eigenvalue weighted by atomic mass is 79.9. The van der Waals surface area contributed by atoms with E-state index < -0.39 is 17.1 Å². The van der Waals surface area contributed by atoms with Crippen LogP contribution in [0.3, 0.4) is 0 Å². The van der Waals surface area contributed by atoms with Crippen LogP contribution in [0.2, 0.25) is 0 Å². The highest BCUT2D eigenvalue weighted by Gasteiger charge is 2.36. The minimum absolute atomic E-state index is 0.0303. The number of halogens is 4. The average Bonchev–Trinajstić information content (AvgIpc) is 2.84. The molecule has 0 atom stereocenters. The summed E-state index contributed by atoms with van der Waals surface area (Å²) in [5, 5.41) is 6.64. The fourth-order valence-electron chi connectivity index (χ4n) is 1.73. The number of benzene rings is 1. The number of hydrogen-bond acceptors (Lipinski definition) is 3. The molecular weight excluding hydrogens is 361 g/mol. The first kappa shape index (κ1) is 17.0. The minimum atomic E-state index is -4.70. The van der Waals surface area contributed by atoms with Crippen LogP contribution in [0.1, 0.15) is 5.69 Å². The van der Waals surface area contributed by atoms with Crippen molar-refractivity contribution in [3.63, 3.8) is 0 Å². The van der Waals surface area contributed by atoms with Gasteiger partial charge in [-0.3, -0.25) is 0 Å². The molecule has 0 aliphatic carbocycles. The van der Waals surface area contributed by atoms with Crippen LogP contribution in [0, 0.1) is 0 Å². The Bertz CT molecular complexity index is 701. The Balaban J connectivity index is 2.66. The van der Waals surface area contributed by atoms with Gasteiger partial charge in [0.2, 0.25) is 0 Å². The van der Waals surface area contributed by atoms with E-state index in [1.165, 1.54) is 18.2 Å². The predicted molar refractivity (Wildman–Crippen MR) is 78.9 cm³/mol. The maximum Gasteiger partial charge on any atom is 0.434 e. The third-order valence-electron chi connectivity index (χ3n) is 2.70. The van der Waals surface area contributed by atoms with Gasteiger partial charge in [-0.05, 0) is 34.1 Å². The van der Waals surface area contributed by atoms with Crippen molar-refractivity contribution in [2.24, 2.45) is 0 Å². The van der Waals surface area contributed by atoms with Crippen molar-refractivity contribution in [2.45, 2.75) is 11.4 Å². The number of aromatic nitrogens is 2. The number of rotatable bonds is 3. The van der Waals surface area contributed by atoms with Crippen LogP contribution in [-0.2, 0) is 11.4 Å². The van der Waals surface area contributed by atoms with Crippen molar-refractivity contribution < 1.29 is 23.3 Å². The molecule has 22 heavy (non-hydrogen) atoms. The van der Waals surface area contributed by atoms with E-state index in [0.29, 0.717) is 10.7 Å². The fraction of sp³-hybridized carbons (Fsp3) is 0.182. The molecule has 1 N–H and O–H groups in total. The van der Waals surface area contributed by atoms with Gasteiger partial charge in [-0.25, -0.2) is 10.2 Å². The molecule has 2 aromatic rings. The molecule has 4 nitrogen and oxygen atoms in total. The van der Waals surface area contributed by atoms with Crippen molar-refractivity contribution in [1.29, 1.82) is 0 Å². The van der Waals surface area contributed by atoms with E-state index in [2.05, 4.69) is 25.8 Å². The second-order valence-electron chi connectivity index (χ2n) is 4.44. The Labute approximate surface area is 136 Å². The van der Waals surface area contributed by atoms with E-state index in [1.807, 2.05) is 0 Å². The summed E-state index contributed by atoms with van der Waals surface area (Å²) in [5.74, 6) is -0.261.